The van der Waals surface area contributed by atoms with Crippen LogP contribution in [0.5, 0.6) is 0 Å². The molecule has 0 aliphatic heterocycles. The highest BCUT2D eigenvalue weighted by atomic mass is 16.3. The zero-order valence-corrected chi connectivity index (χ0v) is 13.4. The Hall–Kier alpha value is -3.06. The van der Waals surface area contributed by atoms with Crippen LogP contribution in [-0.2, 0) is 0 Å². The summed E-state index contributed by atoms with van der Waals surface area (Å²) in [5, 5.41) is 4.88. The molecule has 5 aromatic rings. The maximum atomic E-state index is 6.28. The van der Waals surface area contributed by atoms with Crippen LogP contribution in [0.25, 0.3) is 43.8 Å². The maximum Gasteiger partial charge on any atom is 0.143 e. The van der Waals surface area contributed by atoms with Crippen LogP contribution in [0.2, 0.25) is 0 Å². The Labute approximate surface area is 140 Å². The maximum absolute atomic E-state index is 6.28. The lowest BCUT2D eigenvalue weighted by atomic mass is 9.99. The molecule has 0 saturated carbocycles. The van der Waals surface area contributed by atoms with E-state index in [1.807, 2.05) is 0 Å². The zero-order valence-electron chi connectivity index (χ0n) is 13.4. The van der Waals surface area contributed by atoms with Gasteiger partial charge in [0.15, 0.2) is 0 Å². The molecule has 0 aliphatic carbocycles. The smallest absolute Gasteiger partial charge is 0.143 e. The first kappa shape index (κ1) is 13.4. The third-order valence-electron chi connectivity index (χ3n) is 4.78. The van der Waals surface area contributed by atoms with E-state index in [0.717, 1.165) is 16.7 Å². The highest BCUT2D eigenvalue weighted by Crippen LogP contribution is 2.37. The van der Waals surface area contributed by atoms with Gasteiger partial charge in [0.05, 0.1) is 0 Å². The number of rotatable bonds is 1. The molecule has 4 aromatic carbocycles. The van der Waals surface area contributed by atoms with Gasteiger partial charge in [-0.15, -0.1) is 0 Å². The lowest BCUT2D eigenvalue weighted by molar-refractivity contribution is 0.667. The third kappa shape index (κ3) is 1.88. The second-order valence-electron chi connectivity index (χ2n) is 6.30. The predicted molar refractivity (Wildman–Crippen MR) is 101 cm³/mol. The van der Waals surface area contributed by atoms with Gasteiger partial charge in [0.25, 0.3) is 0 Å². The molecule has 0 saturated heterocycles. The topological polar surface area (TPSA) is 13.1 Å². The fourth-order valence-corrected chi connectivity index (χ4v) is 3.55. The molecular weight excluding hydrogens is 292 g/mol. The van der Waals surface area contributed by atoms with Gasteiger partial charge in [0.2, 0.25) is 0 Å². The summed E-state index contributed by atoms with van der Waals surface area (Å²) in [5.74, 6) is 0. The highest BCUT2D eigenvalue weighted by molar-refractivity contribution is 6.10. The minimum Gasteiger partial charge on any atom is -0.455 e. The Kier molecular flexibility index (Phi) is 2.77. The van der Waals surface area contributed by atoms with Crippen LogP contribution in [0.3, 0.4) is 0 Å². The van der Waals surface area contributed by atoms with E-state index in [4.69, 9.17) is 4.42 Å². The van der Waals surface area contributed by atoms with E-state index in [1.54, 1.807) is 0 Å². The second kappa shape index (κ2) is 4.97. The summed E-state index contributed by atoms with van der Waals surface area (Å²) >= 11 is 0. The van der Waals surface area contributed by atoms with Crippen molar-refractivity contribution in [2.24, 2.45) is 0 Å². The minimum atomic E-state index is 0.970. The van der Waals surface area contributed by atoms with Crippen LogP contribution >= 0.6 is 0 Å². The molecule has 24 heavy (non-hydrogen) atoms. The summed E-state index contributed by atoms with van der Waals surface area (Å²) in [7, 11) is 0. The number of hydrogen-bond donors (Lipinski definition) is 0. The Morgan fingerprint density at radius 2 is 1.38 bits per heavy atom. The first-order valence-corrected chi connectivity index (χ1v) is 8.21. The Morgan fingerprint density at radius 3 is 2.25 bits per heavy atom. The van der Waals surface area contributed by atoms with E-state index in [0.29, 0.717) is 0 Å². The van der Waals surface area contributed by atoms with E-state index in [-0.39, 0.29) is 0 Å². The molecule has 0 atom stereocenters. The number of benzene rings is 4. The molecule has 1 nitrogen and oxygen atoms in total. The Morgan fingerprint density at radius 1 is 0.625 bits per heavy atom. The molecule has 0 aliphatic rings. The highest BCUT2D eigenvalue weighted by Gasteiger charge is 2.13. The summed E-state index contributed by atoms with van der Waals surface area (Å²) in [4.78, 5) is 0. The third-order valence-corrected chi connectivity index (χ3v) is 4.78. The summed E-state index contributed by atoms with van der Waals surface area (Å²) in [6.45, 7) is 2.10. The van der Waals surface area contributed by atoms with Crippen LogP contribution in [0.4, 0.5) is 0 Å². The Bertz CT molecular complexity index is 1210. The number of fused-ring (bicyclic) bond motifs is 4. The minimum absolute atomic E-state index is 0.970. The molecule has 0 N–H and O–H groups in total. The van der Waals surface area contributed by atoms with E-state index in [1.165, 1.54) is 32.7 Å². The van der Waals surface area contributed by atoms with E-state index in [9.17, 15) is 0 Å². The van der Waals surface area contributed by atoms with Crippen molar-refractivity contribution < 1.29 is 4.42 Å². The summed E-state index contributed by atoms with van der Waals surface area (Å²) < 4.78 is 6.28. The van der Waals surface area contributed by atoms with Crippen LogP contribution in [0, 0.1) is 6.92 Å². The first-order valence-electron chi connectivity index (χ1n) is 8.21. The summed E-state index contributed by atoms with van der Waals surface area (Å²) in [6.07, 6.45) is 0. The van der Waals surface area contributed by atoms with E-state index >= 15 is 0 Å². The normalized spacial score (nSPS) is 11.5. The number of para-hydroxylation sites is 2. The SMILES string of the molecule is Cc1cccc2c1oc1c(-c3ccc4ccccc4c3)cccc12. The molecule has 0 bridgehead atoms. The largest absolute Gasteiger partial charge is 0.455 e. The average molecular weight is 308 g/mol. The fourth-order valence-electron chi connectivity index (χ4n) is 3.55. The quantitative estimate of drug-likeness (QED) is 0.335. The van der Waals surface area contributed by atoms with Gasteiger partial charge >= 0.3 is 0 Å². The predicted octanol–water partition coefficient (Wildman–Crippen LogP) is 6.71. The van der Waals surface area contributed by atoms with Crippen molar-refractivity contribution in [3.8, 4) is 11.1 Å². The van der Waals surface area contributed by atoms with Crippen molar-refractivity contribution >= 4 is 32.7 Å². The molecule has 0 amide bonds. The van der Waals surface area contributed by atoms with Crippen LogP contribution in [0.15, 0.2) is 83.3 Å². The zero-order chi connectivity index (χ0) is 16.1. The number of furan rings is 1. The average Bonchev–Trinajstić information content (AvgIpc) is 3.02. The van der Waals surface area contributed by atoms with Crippen molar-refractivity contribution in [1.29, 1.82) is 0 Å². The van der Waals surface area contributed by atoms with Crippen molar-refractivity contribution in [3.05, 3.63) is 84.4 Å². The van der Waals surface area contributed by atoms with Gasteiger partial charge in [0, 0.05) is 16.3 Å². The van der Waals surface area contributed by atoms with E-state index < -0.39 is 0 Å². The molecule has 1 heteroatoms. The van der Waals surface area contributed by atoms with Gasteiger partial charge in [-0.05, 0) is 34.9 Å². The molecule has 0 spiro atoms. The van der Waals surface area contributed by atoms with Crippen LogP contribution < -0.4 is 0 Å². The molecule has 0 fully saturated rings. The number of aryl methyl sites for hydroxylation is 1. The molecule has 114 valence electrons. The first-order chi connectivity index (χ1) is 11.8. The van der Waals surface area contributed by atoms with Crippen LogP contribution in [-0.4, -0.2) is 0 Å². The Balaban J connectivity index is 1.85. The van der Waals surface area contributed by atoms with Gasteiger partial charge in [-0.1, -0.05) is 72.8 Å². The van der Waals surface area contributed by atoms with E-state index in [2.05, 4.69) is 85.8 Å². The van der Waals surface area contributed by atoms with Gasteiger partial charge < -0.3 is 4.42 Å². The number of hydrogen-bond acceptors (Lipinski definition) is 1. The molecule has 1 aromatic heterocycles. The summed E-state index contributed by atoms with van der Waals surface area (Å²) in [6, 6.07) is 27.8. The monoisotopic (exact) mass is 308 g/mol. The van der Waals surface area contributed by atoms with Gasteiger partial charge in [-0.3, -0.25) is 0 Å². The van der Waals surface area contributed by atoms with Crippen molar-refractivity contribution in [2.75, 3.05) is 0 Å². The van der Waals surface area contributed by atoms with Crippen molar-refractivity contribution in [3.63, 3.8) is 0 Å². The van der Waals surface area contributed by atoms with Gasteiger partial charge in [-0.2, -0.15) is 0 Å². The van der Waals surface area contributed by atoms with Crippen molar-refractivity contribution in [2.45, 2.75) is 6.92 Å². The molecule has 0 radical (unpaired) electrons. The second-order valence-corrected chi connectivity index (χ2v) is 6.30. The lowest BCUT2D eigenvalue weighted by Gasteiger charge is -2.05. The molecule has 1 heterocycles. The van der Waals surface area contributed by atoms with Crippen molar-refractivity contribution in [1.82, 2.24) is 0 Å². The van der Waals surface area contributed by atoms with Gasteiger partial charge in [-0.25, -0.2) is 0 Å². The lowest BCUT2D eigenvalue weighted by Crippen LogP contribution is -1.80. The summed E-state index contributed by atoms with van der Waals surface area (Å²) in [5.41, 5.74) is 5.47. The molecule has 5 rings (SSSR count). The standard InChI is InChI=1S/C23H16O/c1-15-6-4-10-20-21-11-5-9-19(23(21)24-22(15)20)18-13-12-16-7-2-3-8-17(16)14-18/h2-14H,1H3. The van der Waals surface area contributed by atoms with Gasteiger partial charge in [0.1, 0.15) is 11.2 Å². The fraction of sp³-hybridized carbons (Fsp3) is 0.0435. The molecule has 0 unspecified atom stereocenters. The van der Waals surface area contributed by atoms with Crippen LogP contribution in [0.1, 0.15) is 5.56 Å². The molecular formula is C23H16O.